The van der Waals surface area contributed by atoms with Gasteiger partial charge < -0.3 is 14.6 Å². The number of hydrogen-bond donors (Lipinski definition) is 1. The number of fused-ring (bicyclic) bond motifs is 1. The van der Waals surface area contributed by atoms with Crippen LogP contribution in [0.5, 0.6) is 0 Å². The molecule has 5 rings (SSSR count). The van der Waals surface area contributed by atoms with E-state index < -0.39 is 0 Å². The van der Waals surface area contributed by atoms with Gasteiger partial charge in [0.2, 0.25) is 0 Å². The van der Waals surface area contributed by atoms with E-state index in [0.29, 0.717) is 12.1 Å². The molecular formula is C22H20N4O2S. The monoisotopic (exact) mass is 404 g/mol. The molecule has 1 amide bonds. The van der Waals surface area contributed by atoms with E-state index in [2.05, 4.69) is 34.8 Å². The number of aromatic nitrogens is 2. The summed E-state index contributed by atoms with van der Waals surface area (Å²) in [6, 6.07) is 13.5. The third kappa shape index (κ3) is 2.94. The summed E-state index contributed by atoms with van der Waals surface area (Å²) in [6.45, 7) is 4.52. The van der Waals surface area contributed by atoms with Crippen molar-refractivity contribution in [2.45, 2.75) is 26.6 Å². The molecule has 0 fully saturated rings. The van der Waals surface area contributed by atoms with E-state index in [1.54, 1.807) is 23.8 Å². The van der Waals surface area contributed by atoms with E-state index in [-0.39, 0.29) is 12.1 Å². The van der Waals surface area contributed by atoms with Gasteiger partial charge in [-0.15, -0.1) is 11.3 Å². The molecule has 6 nitrogen and oxygen atoms in total. The smallest absolute Gasteiger partial charge is 0.258 e. The Balaban J connectivity index is 1.62. The van der Waals surface area contributed by atoms with Gasteiger partial charge in [-0.3, -0.25) is 9.36 Å². The van der Waals surface area contributed by atoms with Gasteiger partial charge in [0, 0.05) is 34.2 Å². The molecule has 146 valence electrons. The van der Waals surface area contributed by atoms with Crippen LogP contribution in [0.1, 0.15) is 39.2 Å². The minimum Gasteiger partial charge on any atom is -0.467 e. The number of para-hydroxylation sites is 1. The van der Waals surface area contributed by atoms with Gasteiger partial charge in [0.1, 0.15) is 11.9 Å². The van der Waals surface area contributed by atoms with E-state index in [1.807, 2.05) is 46.7 Å². The summed E-state index contributed by atoms with van der Waals surface area (Å²) in [4.78, 5) is 19.7. The van der Waals surface area contributed by atoms with Crippen LogP contribution in [-0.4, -0.2) is 20.4 Å². The summed E-state index contributed by atoms with van der Waals surface area (Å²) >= 11 is 1.59. The average molecular weight is 404 g/mol. The van der Waals surface area contributed by atoms with E-state index in [4.69, 9.17) is 4.42 Å². The lowest BCUT2D eigenvalue weighted by Gasteiger charge is -2.37. The zero-order valence-corrected chi connectivity index (χ0v) is 16.9. The van der Waals surface area contributed by atoms with Crippen LogP contribution in [0.25, 0.3) is 5.13 Å². The number of anilines is 1. The summed E-state index contributed by atoms with van der Waals surface area (Å²) in [5.74, 6) is 0.734. The molecule has 0 spiro atoms. The highest BCUT2D eigenvalue weighted by Crippen LogP contribution is 2.37. The highest BCUT2D eigenvalue weighted by atomic mass is 32.1. The molecular weight excluding hydrogens is 384 g/mol. The first-order chi connectivity index (χ1) is 14.1. The Morgan fingerprint density at radius 2 is 2.07 bits per heavy atom. The first kappa shape index (κ1) is 17.8. The molecule has 1 aliphatic rings. The summed E-state index contributed by atoms with van der Waals surface area (Å²) in [6.07, 6.45) is 3.14. The van der Waals surface area contributed by atoms with Crippen LogP contribution in [0.2, 0.25) is 0 Å². The zero-order chi connectivity index (χ0) is 20.0. The van der Waals surface area contributed by atoms with Crippen LogP contribution in [0.4, 0.5) is 5.69 Å². The van der Waals surface area contributed by atoms with Crippen molar-refractivity contribution in [3.05, 3.63) is 88.6 Å². The van der Waals surface area contributed by atoms with Crippen LogP contribution >= 0.6 is 11.3 Å². The largest absolute Gasteiger partial charge is 0.467 e. The Hall–Kier alpha value is -3.32. The van der Waals surface area contributed by atoms with Gasteiger partial charge in [-0.25, -0.2) is 4.98 Å². The quantitative estimate of drug-likeness (QED) is 0.525. The van der Waals surface area contributed by atoms with Gasteiger partial charge in [0.25, 0.3) is 5.91 Å². The van der Waals surface area contributed by atoms with Gasteiger partial charge >= 0.3 is 0 Å². The molecule has 0 bridgehead atoms. The number of carbonyl (C=O) groups excluding carboxylic acids is 1. The Bertz CT molecular complexity index is 1160. The second kappa shape index (κ2) is 6.93. The van der Waals surface area contributed by atoms with Crippen molar-refractivity contribution in [2.24, 2.45) is 0 Å². The number of nitrogens with one attached hydrogen (secondary N) is 1. The van der Waals surface area contributed by atoms with Crippen molar-refractivity contribution in [1.82, 2.24) is 14.5 Å². The normalized spacial score (nSPS) is 16.0. The number of benzene rings is 1. The van der Waals surface area contributed by atoms with Crippen LogP contribution in [0.15, 0.2) is 64.7 Å². The maximum absolute atomic E-state index is 13.4. The lowest BCUT2D eigenvalue weighted by Crippen LogP contribution is -2.42. The first-order valence-corrected chi connectivity index (χ1v) is 10.3. The molecule has 4 aromatic rings. The van der Waals surface area contributed by atoms with Crippen LogP contribution < -0.4 is 5.32 Å². The van der Waals surface area contributed by atoms with Crippen molar-refractivity contribution in [3.63, 3.8) is 0 Å². The average Bonchev–Trinajstić information content (AvgIpc) is 3.47. The number of carbonyl (C=O) groups is 1. The fourth-order valence-corrected chi connectivity index (χ4v) is 4.71. The van der Waals surface area contributed by atoms with Crippen LogP contribution in [0.3, 0.4) is 0 Å². The Labute approximate surface area is 172 Å². The zero-order valence-electron chi connectivity index (χ0n) is 16.1. The van der Waals surface area contributed by atoms with E-state index >= 15 is 0 Å². The third-order valence-electron chi connectivity index (χ3n) is 5.30. The molecule has 0 aliphatic carbocycles. The van der Waals surface area contributed by atoms with Gasteiger partial charge in [-0.1, -0.05) is 12.1 Å². The second-order valence-electron chi connectivity index (χ2n) is 7.08. The molecule has 1 N–H and O–H groups in total. The number of nitrogens with zero attached hydrogens (tertiary/aromatic N) is 3. The number of aryl methyl sites for hydroxylation is 1. The SMILES string of the molecule is Cc1cc([C@@H]2Nc3ccccc3C(=O)N2Cc2ccco2)c(C)n1-c1nccs1. The van der Waals surface area contributed by atoms with Gasteiger partial charge in [0.15, 0.2) is 5.13 Å². The maximum Gasteiger partial charge on any atom is 0.258 e. The molecule has 1 aromatic carbocycles. The Kier molecular flexibility index (Phi) is 4.24. The molecule has 7 heteroatoms. The van der Waals surface area contributed by atoms with Crippen molar-refractivity contribution in [1.29, 1.82) is 0 Å². The Morgan fingerprint density at radius 3 is 2.83 bits per heavy atom. The maximum atomic E-state index is 13.4. The molecule has 0 saturated heterocycles. The third-order valence-corrected chi connectivity index (χ3v) is 6.06. The fourth-order valence-electron chi connectivity index (χ4n) is 3.96. The lowest BCUT2D eigenvalue weighted by molar-refractivity contribution is 0.0651. The number of amides is 1. The van der Waals surface area contributed by atoms with Crippen LogP contribution in [-0.2, 0) is 6.54 Å². The minimum atomic E-state index is -0.303. The second-order valence-corrected chi connectivity index (χ2v) is 7.95. The molecule has 0 saturated carbocycles. The number of thiazole rings is 1. The molecule has 0 unspecified atom stereocenters. The van der Waals surface area contributed by atoms with Crippen molar-refractivity contribution in [3.8, 4) is 5.13 Å². The summed E-state index contributed by atoms with van der Waals surface area (Å²) < 4.78 is 7.68. The molecule has 1 aliphatic heterocycles. The Morgan fingerprint density at radius 1 is 1.21 bits per heavy atom. The summed E-state index contributed by atoms with van der Waals surface area (Å²) in [7, 11) is 0. The molecule has 3 aromatic heterocycles. The standard InChI is InChI=1S/C22H20N4O2S/c1-14-12-18(15(2)26(14)22-23-9-11-29-22)20-24-19-8-4-3-7-17(19)21(27)25(20)13-16-6-5-10-28-16/h3-12,20,24H,13H2,1-2H3/t20-/m1/s1. The van der Waals surface area contributed by atoms with E-state index in [1.165, 1.54) is 0 Å². The highest BCUT2D eigenvalue weighted by Gasteiger charge is 2.35. The first-order valence-electron chi connectivity index (χ1n) is 9.41. The summed E-state index contributed by atoms with van der Waals surface area (Å²) in [5, 5.41) is 6.46. The fraction of sp³-hybridized carbons (Fsp3) is 0.182. The number of rotatable bonds is 4. The topological polar surface area (TPSA) is 63.3 Å². The predicted octanol–water partition coefficient (Wildman–Crippen LogP) is 4.91. The van der Waals surface area contributed by atoms with E-state index in [0.717, 1.165) is 33.5 Å². The molecule has 1 atom stereocenters. The van der Waals surface area contributed by atoms with Gasteiger partial charge in [-0.2, -0.15) is 0 Å². The van der Waals surface area contributed by atoms with E-state index in [9.17, 15) is 4.79 Å². The molecule has 0 radical (unpaired) electrons. The number of hydrogen-bond acceptors (Lipinski definition) is 5. The lowest BCUT2D eigenvalue weighted by atomic mass is 10.0. The molecule has 4 heterocycles. The van der Waals surface area contributed by atoms with Gasteiger partial charge in [0.05, 0.1) is 18.4 Å². The highest BCUT2D eigenvalue weighted by molar-refractivity contribution is 7.12. The van der Waals surface area contributed by atoms with Crippen molar-refractivity contribution in [2.75, 3.05) is 5.32 Å². The minimum absolute atomic E-state index is 0.0141. The number of furan rings is 1. The van der Waals surface area contributed by atoms with Crippen LogP contribution in [0, 0.1) is 13.8 Å². The van der Waals surface area contributed by atoms with Crippen molar-refractivity contribution < 1.29 is 9.21 Å². The summed E-state index contributed by atoms with van der Waals surface area (Å²) in [5.41, 5.74) is 4.71. The van der Waals surface area contributed by atoms with Gasteiger partial charge in [-0.05, 0) is 44.2 Å². The predicted molar refractivity (Wildman–Crippen MR) is 112 cm³/mol. The van der Waals surface area contributed by atoms with Crippen molar-refractivity contribution >= 4 is 22.9 Å². The molecule has 29 heavy (non-hydrogen) atoms.